The minimum atomic E-state index is -1.45. The molecular formula is C30H36N4O4. The molecule has 3 amide bonds. The van der Waals surface area contributed by atoms with Gasteiger partial charge in [-0.25, -0.2) is 0 Å². The predicted molar refractivity (Wildman–Crippen MR) is 146 cm³/mol. The third kappa shape index (κ3) is 9.14. The highest BCUT2D eigenvalue weighted by atomic mass is 16.3. The number of aryl methyl sites for hydroxylation is 1. The second-order valence-corrected chi connectivity index (χ2v) is 9.30. The zero-order valence-corrected chi connectivity index (χ0v) is 21.6. The molecule has 0 saturated heterocycles. The van der Waals surface area contributed by atoms with E-state index >= 15 is 0 Å². The molecule has 8 heteroatoms. The summed E-state index contributed by atoms with van der Waals surface area (Å²) in [6.45, 7) is 1.74. The van der Waals surface area contributed by atoms with Crippen molar-refractivity contribution in [1.29, 1.82) is 0 Å². The summed E-state index contributed by atoms with van der Waals surface area (Å²) in [4.78, 5) is 40.4. The average molecular weight is 517 g/mol. The molecule has 0 bridgehead atoms. The maximum Gasteiger partial charge on any atom is 0.250 e. The molecule has 5 N–H and O–H groups in total. The molecule has 8 nitrogen and oxygen atoms in total. The molecule has 200 valence electrons. The Bertz CT molecular complexity index is 1160. The van der Waals surface area contributed by atoms with Gasteiger partial charge in [0, 0.05) is 13.1 Å². The van der Waals surface area contributed by atoms with E-state index in [9.17, 15) is 19.5 Å². The van der Waals surface area contributed by atoms with Crippen molar-refractivity contribution in [2.75, 3.05) is 6.54 Å². The monoisotopic (exact) mass is 516 g/mol. The molecule has 3 atom stereocenters. The van der Waals surface area contributed by atoms with E-state index in [1.54, 1.807) is 6.92 Å². The van der Waals surface area contributed by atoms with Crippen LogP contribution in [0.15, 0.2) is 91.0 Å². The van der Waals surface area contributed by atoms with Gasteiger partial charge in [0.1, 0.15) is 12.1 Å². The number of nitrogens with one attached hydrogen (secondary N) is 2. The van der Waals surface area contributed by atoms with Crippen LogP contribution in [0.3, 0.4) is 0 Å². The Morgan fingerprint density at radius 2 is 1.34 bits per heavy atom. The third-order valence-corrected chi connectivity index (χ3v) is 6.13. The lowest BCUT2D eigenvalue weighted by molar-refractivity contribution is -0.141. The zero-order chi connectivity index (χ0) is 27.3. The molecule has 0 aliphatic rings. The highest BCUT2D eigenvalue weighted by Crippen LogP contribution is 2.12. The minimum Gasteiger partial charge on any atom is -0.381 e. The van der Waals surface area contributed by atoms with E-state index in [1.807, 2.05) is 91.0 Å². The molecule has 0 saturated carbocycles. The molecule has 0 fully saturated rings. The Morgan fingerprint density at radius 3 is 1.89 bits per heavy atom. The Morgan fingerprint density at radius 1 is 0.816 bits per heavy atom. The Kier molecular flexibility index (Phi) is 11.0. The molecule has 3 aromatic rings. The van der Waals surface area contributed by atoms with E-state index in [0.717, 1.165) is 16.7 Å². The standard InChI is InChI=1S/C30H36N4O4/c1-22(31)28(36)33-26(18-17-23-11-5-2-6-12-23)30(38)34(20-25-15-9-4-10-16-25)21-27(35)29(37)32-19-24-13-7-3-8-14-24/h2-16,22,26-27,35H,17-21,31H2,1H3,(H,32,37)(H,33,36)/t22-,26-,27-/m0/s1. The number of aliphatic hydroxyl groups is 1. The number of carbonyl (C=O) groups excluding carboxylic acids is 3. The molecular weight excluding hydrogens is 480 g/mol. The molecule has 38 heavy (non-hydrogen) atoms. The van der Waals surface area contributed by atoms with Crippen molar-refractivity contribution in [2.24, 2.45) is 5.73 Å². The van der Waals surface area contributed by atoms with Crippen LogP contribution in [-0.2, 0) is 33.9 Å². The van der Waals surface area contributed by atoms with Gasteiger partial charge in [0.05, 0.1) is 12.6 Å². The van der Waals surface area contributed by atoms with Crippen LogP contribution in [0, 0.1) is 0 Å². The molecule has 0 aliphatic heterocycles. The molecule has 0 unspecified atom stereocenters. The largest absolute Gasteiger partial charge is 0.381 e. The number of hydrogen-bond donors (Lipinski definition) is 4. The van der Waals surface area contributed by atoms with Crippen molar-refractivity contribution < 1.29 is 19.5 Å². The van der Waals surface area contributed by atoms with Gasteiger partial charge in [-0.15, -0.1) is 0 Å². The lowest BCUT2D eigenvalue weighted by Crippen LogP contribution is -2.54. The van der Waals surface area contributed by atoms with E-state index in [1.165, 1.54) is 4.90 Å². The van der Waals surface area contributed by atoms with Crippen molar-refractivity contribution in [1.82, 2.24) is 15.5 Å². The molecule has 0 heterocycles. The number of nitrogens with zero attached hydrogens (tertiary/aromatic N) is 1. The third-order valence-electron chi connectivity index (χ3n) is 6.13. The first-order chi connectivity index (χ1) is 18.3. The van der Waals surface area contributed by atoms with Crippen molar-refractivity contribution in [3.8, 4) is 0 Å². The summed E-state index contributed by atoms with van der Waals surface area (Å²) in [5, 5.41) is 16.2. The topological polar surface area (TPSA) is 125 Å². The molecule has 0 spiro atoms. The first kappa shape index (κ1) is 28.6. The van der Waals surface area contributed by atoms with Crippen LogP contribution < -0.4 is 16.4 Å². The van der Waals surface area contributed by atoms with Gasteiger partial charge in [-0.2, -0.15) is 0 Å². The summed E-state index contributed by atoms with van der Waals surface area (Å²) in [5.74, 6) is -1.42. The first-order valence-electron chi connectivity index (χ1n) is 12.8. The quantitative estimate of drug-likeness (QED) is 0.277. The summed E-state index contributed by atoms with van der Waals surface area (Å²) < 4.78 is 0. The van der Waals surface area contributed by atoms with Crippen molar-refractivity contribution in [3.63, 3.8) is 0 Å². The number of carbonyl (C=O) groups is 3. The Labute approximate surface area is 223 Å². The predicted octanol–water partition coefficient (Wildman–Crippen LogP) is 2.16. The van der Waals surface area contributed by atoms with Gasteiger partial charge in [0.25, 0.3) is 5.91 Å². The summed E-state index contributed by atoms with van der Waals surface area (Å²) in [6.07, 6.45) is -0.566. The van der Waals surface area contributed by atoms with E-state index in [2.05, 4.69) is 10.6 Å². The van der Waals surface area contributed by atoms with E-state index in [4.69, 9.17) is 5.73 Å². The highest BCUT2D eigenvalue weighted by Gasteiger charge is 2.30. The molecule has 0 radical (unpaired) electrons. The average Bonchev–Trinajstić information content (AvgIpc) is 2.94. The number of amides is 3. The van der Waals surface area contributed by atoms with Crippen LogP contribution in [0.2, 0.25) is 0 Å². The van der Waals surface area contributed by atoms with Crippen molar-refractivity contribution in [2.45, 2.75) is 51.0 Å². The normalized spacial score (nSPS) is 13.1. The lowest BCUT2D eigenvalue weighted by Gasteiger charge is -2.30. The fourth-order valence-corrected chi connectivity index (χ4v) is 3.97. The second kappa shape index (κ2) is 14.7. The first-order valence-corrected chi connectivity index (χ1v) is 12.8. The SMILES string of the molecule is C[C@H](N)C(=O)N[C@@H](CCc1ccccc1)C(=O)N(Cc1ccccc1)C[C@H](O)C(=O)NCc1ccccc1. The summed E-state index contributed by atoms with van der Waals surface area (Å²) >= 11 is 0. The fraction of sp³-hybridized carbons (Fsp3) is 0.300. The van der Waals surface area contributed by atoms with Gasteiger partial charge >= 0.3 is 0 Å². The van der Waals surface area contributed by atoms with Gasteiger partial charge in [-0.1, -0.05) is 91.0 Å². The van der Waals surface area contributed by atoms with Gasteiger partial charge in [-0.05, 0) is 36.5 Å². The van der Waals surface area contributed by atoms with Crippen LogP contribution in [0.25, 0.3) is 0 Å². The fourth-order valence-electron chi connectivity index (χ4n) is 3.97. The van der Waals surface area contributed by atoms with Gasteiger partial charge in [-0.3, -0.25) is 14.4 Å². The Balaban J connectivity index is 1.76. The zero-order valence-electron chi connectivity index (χ0n) is 21.6. The summed E-state index contributed by atoms with van der Waals surface area (Å²) in [6, 6.07) is 26.6. The Hall–Kier alpha value is -4.01. The van der Waals surface area contributed by atoms with Gasteiger partial charge in [0.15, 0.2) is 0 Å². The number of hydrogen-bond acceptors (Lipinski definition) is 5. The van der Waals surface area contributed by atoms with Crippen LogP contribution in [0.4, 0.5) is 0 Å². The van der Waals surface area contributed by atoms with Crippen LogP contribution in [-0.4, -0.2) is 52.5 Å². The number of aliphatic hydroxyl groups excluding tert-OH is 1. The maximum absolute atomic E-state index is 13.8. The molecule has 3 rings (SSSR count). The van der Waals surface area contributed by atoms with Crippen LogP contribution in [0.5, 0.6) is 0 Å². The number of nitrogens with two attached hydrogens (primary N) is 1. The van der Waals surface area contributed by atoms with Gasteiger partial charge in [0.2, 0.25) is 11.8 Å². The number of benzene rings is 3. The van der Waals surface area contributed by atoms with E-state index < -0.39 is 35.9 Å². The van der Waals surface area contributed by atoms with E-state index in [0.29, 0.717) is 12.8 Å². The smallest absolute Gasteiger partial charge is 0.250 e. The molecule has 3 aromatic carbocycles. The summed E-state index contributed by atoms with van der Waals surface area (Å²) in [5.41, 5.74) is 8.51. The van der Waals surface area contributed by atoms with Crippen LogP contribution >= 0.6 is 0 Å². The van der Waals surface area contributed by atoms with Crippen molar-refractivity contribution in [3.05, 3.63) is 108 Å². The van der Waals surface area contributed by atoms with E-state index in [-0.39, 0.29) is 19.6 Å². The maximum atomic E-state index is 13.8. The highest BCUT2D eigenvalue weighted by molar-refractivity contribution is 5.90. The molecule has 0 aliphatic carbocycles. The summed E-state index contributed by atoms with van der Waals surface area (Å²) in [7, 11) is 0. The van der Waals surface area contributed by atoms with Gasteiger partial charge < -0.3 is 26.4 Å². The minimum absolute atomic E-state index is 0.165. The van der Waals surface area contributed by atoms with Crippen molar-refractivity contribution >= 4 is 17.7 Å². The lowest BCUT2D eigenvalue weighted by atomic mass is 10.0. The molecule has 0 aromatic heterocycles. The van der Waals surface area contributed by atoms with Crippen LogP contribution in [0.1, 0.15) is 30.0 Å². The number of rotatable bonds is 13. The second-order valence-electron chi connectivity index (χ2n) is 9.30.